The van der Waals surface area contributed by atoms with Crippen LogP contribution in [0.3, 0.4) is 0 Å². The van der Waals surface area contributed by atoms with Crippen molar-refractivity contribution in [3.63, 3.8) is 0 Å². The van der Waals surface area contributed by atoms with E-state index in [1.807, 2.05) is 24.3 Å². The summed E-state index contributed by atoms with van der Waals surface area (Å²) < 4.78 is 10.1. The lowest BCUT2D eigenvalue weighted by molar-refractivity contribution is -0.136. The highest BCUT2D eigenvalue weighted by Crippen LogP contribution is 2.26. The van der Waals surface area contributed by atoms with Crippen LogP contribution < -0.4 is 20.1 Å². The van der Waals surface area contributed by atoms with Crippen molar-refractivity contribution in [1.29, 1.82) is 0 Å². The van der Waals surface area contributed by atoms with Gasteiger partial charge in [-0.25, -0.2) is 0 Å². The van der Waals surface area contributed by atoms with Gasteiger partial charge in [0, 0.05) is 12.6 Å². The van der Waals surface area contributed by atoms with Crippen molar-refractivity contribution in [1.82, 2.24) is 5.32 Å². The van der Waals surface area contributed by atoms with Crippen LogP contribution in [0.2, 0.25) is 5.02 Å². The van der Waals surface area contributed by atoms with E-state index in [0.29, 0.717) is 29.4 Å². The monoisotopic (exact) mass is 362 g/mol. The summed E-state index contributed by atoms with van der Waals surface area (Å²) in [7, 11) is 3.10. The van der Waals surface area contributed by atoms with Gasteiger partial charge in [0.15, 0.2) is 0 Å². The molecular formula is C18H19ClN2O4. The highest BCUT2D eigenvalue weighted by Gasteiger charge is 2.15. The Morgan fingerprint density at radius 1 is 0.960 bits per heavy atom. The van der Waals surface area contributed by atoms with E-state index in [1.54, 1.807) is 25.3 Å². The molecule has 0 bridgehead atoms. The van der Waals surface area contributed by atoms with Crippen molar-refractivity contribution < 1.29 is 19.1 Å². The molecule has 0 unspecified atom stereocenters. The zero-order chi connectivity index (χ0) is 18.2. The fraction of sp³-hybridized carbons (Fsp3) is 0.222. The van der Waals surface area contributed by atoms with Gasteiger partial charge in [0.25, 0.3) is 0 Å². The Bertz CT molecular complexity index is 747. The number of carbonyl (C=O) groups excluding carboxylic acids is 2. The summed E-state index contributed by atoms with van der Waals surface area (Å²) in [4.78, 5) is 23.8. The van der Waals surface area contributed by atoms with E-state index >= 15 is 0 Å². The van der Waals surface area contributed by atoms with Gasteiger partial charge in [0.2, 0.25) is 0 Å². The molecule has 0 aliphatic heterocycles. The van der Waals surface area contributed by atoms with E-state index in [1.165, 1.54) is 7.11 Å². The van der Waals surface area contributed by atoms with Crippen LogP contribution in [0.1, 0.15) is 5.56 Å². The summed E-state index contributed by atoms with van der Waals surface area (Å²) in [5.74, 6) is -0.223. The normalized spacial score (nSPS) is 10.0. The molecule has 6 nitrogen and oxygen atoms in total. The van der Waals surface area contributed by atoms with Crippen molar-refractivity contribution in [2.45, 2.75) is 6.42 Å². The fourth-order valence-corrected chi connectivity index (χ4v) is 2.26. The number of amides is 2. The van der Waals surface area contributed by atoms with Crippen LogP contribution in [0.15, 0.2) is 42.5 Å². The molecule has 0 spiro atoms. The first-order valence-corrected chi connectivity index (χ1v) is 7.97. The quantitative estimate of drug-likeness (QED) is 0.774. The third-order valence-electron chi connectivity index (χ3n) is 3.49. The molecule has 0 atom stereocenters. The van der Waals surface area contributed by atoms with Crippen LogP contribution in [0.4, 0.5) is 5.69 Å². The second-order valence-electron chi connectivity index (χ2n) is 5.15. The maximum atomic E-state index is 12.0. The number of benzene rings is 2. The second kappa shape index (κ2) is 8.94. The molecule has 0 fully saturated rings. The first kappa shape index (κ1) is 18.6. The minimum Gasteiger partial charge on any atom is -0.497 e. The third kappa shape index (κ3) is 5.39. The molecular weight excluding hydrogens is 344 g/mol. The number of ether oxygens (including phenoxy) is 2. The third-order valence-corrected chi connectivity index (χ3v) is 3.82. The van der Waals surface area contributed by atoms with Gasteiger partial charge in [0.05, 0.1) is 24.9 Å². The molecule has 0 aliphatic rings. The SMILES string of the molecule is COc1ccc(CCNC(=O)C(=O)Nc2cc(OC)ccc2Cl)cc1. The van der Waals surface area contributed by atoms with Crippen molar-refractivity contribution in [3.8, 4) is 11.5 Å². The molecule has 0 radical (unpaired) electrons. The largest absolute Gasteiger partial charge is 0.497 e. The first-order valence-electron chi connectivity index (χ1n) is 7.59. The lowest BCUT2D eigenvalue weighted by Gasteiger charge is -2.09. The van der Waals surface area contributed by atoms with Crippen LogP contribution in [-0.2, 0) is 16.0 Å². The van der Waals surface area contributed by atoms with Crippen LogP contribution >= 0.6 is 11.6 Å². The second-order valence-corrected chi connectivity index (χ2v) is 5.56. The number of hydrogen-bond donors (Lipinski definition) is 2. The Kier molecular flexibility index (Phi) is 6.65. The zero-order valence-electron chi connectivity index (χ0n) is 14.0. The number of halogens is 1. The Balaban J connectivity index is 1.84. The Hall–Kier alpha value is -2.73. The maximum absolute atomic E-state index is 12.0. The van der Waals surface area contributed by atoms with Gasteiger partial charge >= 0.3 is 11.8 Å². The van der Waals surface area contributed by atoms with E-state index in [-0.39, 0.29) is 0 Å². The van der Waals surface area contributed by atoms with Crippen molar-refractivity contribution >= 4 is 29.1 Å². The summed E-state index contributed by atoms with van der Waals surface area (Å²) in [5.41, 5.74) is 1.34. The predicted octanol–water partition coefficient (Wildman–Crippen LogP) is 2.65. The van der Waals surface area contributed by atoms with Crippen LogP contribution in [0.25, 0.3) is 0 Å². The minimum atomic E-state index is -0.787. The molecule has 2 aromatic rings. The van der Waals surface area contributed by atoms with Crippen LogP contribution in [0.5, 0.6) is 11.5 Å². The standard InChI is InChI=1S/C18H19ClN2O4/c1-24-13-5-3-12(4-6-13)9-10-20-17(22)18(23)21-16-11-14(25-2)7-8-15(16)19/h3-8,11H,9-10H2,1-2H3,(H,20,22)(H,21,23). The highest BCUT2D eigenvalue weighted by molar-refractivity contribution is 6.41. The number of carbonyl (C=O) groups is 2. The molecule has 25 heavy (non-hydrogen) atoms. The Labute approximate surface area is 151 Å². The van der Waals surface area contributed by atoms with E-state index in [9.17, 15) is 9.59 Å². The lowest BCUT2D eigenvalue weighted by Crippen LogP contribution is -2.36. The average molecular weight is 363 g/mol. The highest BCUT2D eigenvalue weighted by atomic mass is 35.5. The molecule has 2 rings (SSSR count). The summed E-state index contributed by atoms with van der Waals surface area (Å²) in [6, 6.07) is 12.3. The Morgan fingerprint density at radius 3 is 2.24 bits per heavy atom. The van der Waals surface area contributed by atoms with E-state index in [2.05, 4.69) is 10.6 Å². The van der Waals surface area contributed by atoms with E-state index in [0.717, 1.165) is 11.3 Å². The molecule has 0 saturated carbocycles. The summed E-state index contributed by atoms with van der Waals surface area (Å²) >= 11 is 6.00. The molecule has 0 saturated heterocycles. The number of nitrogens with one attached hydrogen (secondary N) is 2. The van der Waals surface area contributed by atoms with Gasteiger partial charge in [-0.05, 0) is 36.2 Å². The molecule has 2 amide bonds. The van der Waals surface area contributed by atoms with Crippen molar-refractivity contribution in [2.75, 3.05) is 26.1 Å². The molecule has 7 heteroatoms. The Morgan fingerprint density at radius 2 is 1.60 bits per heavy atom. The van der Waals surface area contributed by atoms with Crippen molar-refractivity contribution in [3.05, 3.63) is 53.1 Å². The maximum Gasteiger partial charge on any atom is 0.313 e. The topological polar surface area (TPSA) is 76.7 Å². The van der Waals surface area contributed by atoms with Crippen LogP contribution in [-0.4, -0.2) is 32.6 Å². The molecule has 2 N–H and O–H groups in total. The van der Waals surface area contributed by atoms with Gasteiger partial charge in [-0.1, -0.05) is 23.7 Å². The molecule has 2 aromatic carbocycles. The summed E-state index contributed by atoms with van der Waals surface area (Å²) in [5, 5.41) is 5.36. The molecule has 0 aliphatic carbocycles. The number of rotatable bonds is 6. The van der Waals surface area contributed by atoms with Gasteiger partial charge < -0.3 is 20.1 Å². The summed E-state index contributed by atoms with van der Waals surface area (Å²) in [6.45, 7) is 0.338. The first-order chi connectivity index (χ1) is 12.0. The van der Waals surface area contributed by atoms with Crippen LogP contribution in [0, 0.1) is 0 Å². The minimum absolute atomic E-state index is 0.316. The van der Waals surface area contributed by atoms with Crippen molar-refractivity contribution in [2.24, 2.45) is 0 Å². The van der Waals surface area contributed by atoms with Gasteiger partial charge in [-0.3, -0.25) is 9.59 Å². The number of anilines is 1. The smallest absolute Gasteiger partial charge is 0.313 e. The van der Waals surface area contributed by atoms with Gasteiger partial charge in [-0.2, -0.15) is 0 Å². The molecule has 0 heterocycles. The van der Waals surface area contributed by atoms with E-state index < -0.39 is 11.8 Å². The molecule has 0 aromatic heterocycles. The fourth-order valence-electron chi connectivity index (χ4n) is 2.10. The van der Waals surface area contributed by atoms with Gasteiger partial charge in [-0.15, -0.1) is 0 Å². The van der Waals surface area contributed by atoms with E-state index in [4.69, 9.17) is 21.1 Å². The number of methoxy groups -OCH3 is 2. The number of hydrogen-bond acceptors (Lipinski definition) is 4. The van der Waals surface area contributed by atoms with Gasteiger partial charge in [0.1, 0.15) is 11.5 Å². The average Bonchev–Trinajstić information content (AvgIpc) is 2.63. The zero-order valence-corrected chi connectivity index (χ0v) is 14.7. The lowest BCUT2D eigenvalue weighted by atomic mass is 10.1. The summed E-state index contributed by atoms with van der Waals surface area (Å²) in [6.07, 6.45) is 0.600. The molecule has 132 valence electrons. The predicted molar refractivity (Wildman–Crippen MR) is 96.3 cm³/mol.